The first-order valence-electron chi connectivity index (χ1n) is 8.96. The van der Waals surface area contributed by atoms with Gasteiger partial charge in [0.05, 0.1) is 28.5 Å². The van der Waals surface area contributed by atoms with E-state index in [4.69, 9.17) is 22.3 Å². The molecule has 1 aliphatic rings. The first-order chi connectivity index (χ1) is 13.4. The molecule has 6 nitrogen and oxygen atoms in total. The Bertz CT molecular complexity index is 1190. The fourth-order valence-electron chi connectivity index (χ4n) is 3.67. The number of allylic oxidation sites excluding steroid dienone is 1. The minimum atomic E-state index is 0.188. The number of benzene rings is 3. The minimum Gasteiger partial charge on any atom is -0.397 e. The second-order valence-corrected chi connectivity index (χ2v) is 6.80. The van der Waals surface area contributed by atoms with Gasteiger partial charge in [0.25, 0.3) is 0 Å². The molecule has 0 unspecified atom stereocenters. The van der Waals surface area contributed by atoms with E-state index < -0.39 is 0 Å². The Labute approximate surface area is 163 Å². The van der Waals surface area contributed by atoms with Crippen LogP contribution < -0.4 is 22.1 Å². The molecule has 28 heavy (non-hydrogen) atoms. The number of nitrogen functional groups attached to an aromatic ring is 2. The SMILES string of the molecule is CNC1=C(NC)c2cc3cc(-c4ccc(N)c(N)c4)ccc3cc2C(=N)C1=N. The van der Waals surface area contributed by atoms with Crippen molar-refractivity contribution >= 4 is 39.3 Å². The highest BCUT2D eigenvalue weighted by Gasteiger charge is 2.27. The Morgan fingerprint density at radius 2 is 1.29 bits per heavy atom. The van der Waals surface area contributed by atoms with Crippen molar-refractivity contribution in [2.24, 2.45) is 0 Å². The lowest BCUT2D eigenvalue weighted by atomic mass is 9.86. The summed E-state index contributed by atoms with van der Waals surface area (Å²) < 4.78 is 0. The lowest BCUT2D eigenvalue weighted by molar-refractivity contribution is 1.01. The summed E-state index contributed by atoms with van der Waals surface area (Å²) in [5.41, 5.74) is 18.5. The smallest absolute Gasteiger partial charge is 0.105 e. The summed E-state index contributed by atoms with van der Waals surface area (Å²) in [5, 5.41) is 25.0. The Morgan fingerprint density at radius 1 is 0.643 bits per heavy atom. The monoisotopic (exact) mass is 370 g/mol. The van der Waals surface area contributed by atoms with E-state index in [0.29, 0.717) is 17.1 Å². The zero-order chi connectivity index (χ0) is 20.0. The van der Waals surface area contributed by atoms with Gasteiger partial charge in [0.15, 0.2) is 0 Å². The Balaban J connectivity index is 1.93. The quantitative estimate of drug-likeness (QED) is 0.396. The molecule has 0 spiro atoms. The van der Waals surface area contributed by atoms with Crippen LogP contribution >= 0.6 is 0 Å². The van der Waals surface area contributed by atoms with Gasteiger partial charge in [-0.2, -0.15) is 0 Å². The van der Waals surface area contributed by atoms with Crippen molar-refractivity contribution in [2.75, 3.05) is 25.6 Å². The van der Waals surface area contributed by atoms with E-state index in [9.17, 15) is 0 Å². The van der Waals surface area contributed by atoms with Crippen LogP contribution in [0.5, 0.6) is 0 Å². The molecular weight excluding hydrogens is 348 g/mol. The fraction of sp³-hybridized carbons (Fsp3) is 0.0909. The number of rotatable bonds is 3. The summed E-state index contributed by atoms with van der Waals surface area (Å²) in [4.78, 5) is 0. The summed E-state index contributed by atoms with van der Waals surface area (Å²) >= 11 is 0. The fourth-order valence-corrected chi connectivity index (χ4v) is 3.67. The molecule has 0 saturated heterocycles. The average molecular weight is 370 g/mol. The number of nitrogens with two attached hydrogens (primary N) is 2. The van der Waals surface area contributed by atoms with Crippen LogP contribution in [-0.2, 0) is 0 Å². The van der Waals surface area contributed by atoms with Crippen molar-refractivity contribution in [2.45, 2.75) is 0 Å². The molecule has 0 bridgehead atoms. The third kappa shape index (κ3) is 2.58. The molecule has 0 aliphatic heterocycles. The maximum absolute atomic E-state index is 8.42. The molecule has 1 aliphatic carbocycles. The molecule has 0 aromatic heterocycles. The lowest BCUT2D eigenvalue weighted by Gasteiger charge is -2.25. The van der Waals surface area contributed by atoms with Crippen molar-refractivity contribution in [1.82, 2.24) is 10.6 Å². The van der Waals surface area contributed by atoms with Crippen LogP contribution in [0.3, 0.4) is 0 Å². The van der Waals surface area contributed by atoms with Crippen LogP contribution in [0.15, 0.2) is 54.2 Å². The zero-order valence-corrected chi connectivity index (χ0v) is 15.8. The van der Waals surface area contributed by atoms with Crippen LogP contribution in [0, 0.1) is 10.8 Å². The number of anilines is 2. The highest BCUT2D eigenvalue weighted by Crippen LogP contribution is 2.33. The Hall–Kier alpha value is -3.80. The molecule has 0 radical (unpaired) electrons. The lowest BCUT2D eigenvalue weighted by Crippen LogP contribution is -2.32. The van der Waals surface area contributed by atoms with Crippen molar-refractivity contribution in [3.63, 3.8) is 0 Å². The van der Waals surface area contributed by atoms with Gasteiger partial charge in [-0.15, -0.1) is 0 Å². The third-order valence-electron chi connectivity index (χ3n) is 5.19. The molecule has 3 aromatic rings. The number of fused-ring (bicyclic) bond motifs is 2. The van der Waals surface area contributed by atoms with Gasteiger partial charge in [-0.1, -0.05) is 18.2 Å². The van der Waals surface area contributed by atoms with Gasteiger partial charge in [-0.3, -0.25) is 10.8 Å². The van der Waals surface area contributed by atoms with Gasteiger partial charge < -0.3 is 22.1 Å². The highest BCUT2D eigenvalue weighted by molar-refractivity contribution is 6.54. The molecule has 0 heterocycles. The van der Waals surface area contributed by atoms with Gasteiger partial charge in [0.1, 0.15) is 5.71 Å². The van der Waals surface area contributed by atoms with E-state index in [2.05, 4.69) is 22.8 Å². The molecule has 140 valence electrons. The van der Waals surface area contributed by atoms with Gasteiger partial charge in [0, 0.05) is 25.2 Å². The van der Waals surface area contributed by atoms with Crippen LogP contribution in [0.25, 0.3) is 27.6 Å². The first kappa shape index (κ1) is 17.6. The van der Waals surface area contributed by atoms with Crippen molar-refractivity contribution in [1.29, 1.82) is 10.8 Å². The topological polar surface area (TPSA) is 124 Å². The zero-order valence-electron chi connectivity index (χ0n) is 15.8. The van der Waals surface area contributed by atoms with Crippen molar-refractivity contribution < 1.29 is 0 Å². The number of nitrogens with one attached hydrogen (secondary N) is 4. The van der Waals surface area contributed by atoms with Gasteiger partial charge in [-0.05, 0) is 52.2 Å². The molecular formula is C22H22N6. The molecule has 0 saturated carbocycles. The summed E-state index contributed by atoms with van der Waals surface area (Å²) in [6, 6.07) is 15.9. The third-order valence-corrected chi connectivity index (χ3v) is 5.19. The van der Waals surface area contributed by atoms with Crippen molar-refractivity contribution in [3.8, 4) is 11.1 Å². The predicted octanol–water partition coefficient (Wildman–Crippen LogP) is 3.18. The molecule has 0 atom stereocenters. The largest absolute Gasteiger partial charge is 0.397 e. The Morgan fingerprint density at radius 3 is 1.96 bits per heavy atom. The standard InChI is InChI=1S/C22H22N6/c1-27-21-16-9-14-7-11(13-5-6-17(23)18(24)10-13)3-4-12(14)8-15(16)19(25)20(26)22(21)28-2/h3-10,25-28H,23-24H2,1-2H3. The van der Waals surface area contributed by atoms with E-state index in [1.54, 1.807) is 7.05 Å². The summed E-state index contributed by atoms with van der Waals surface area (Å²) in [6.45, 7) is 0. The number of hydrogen-bond acceptors (Lipinski definition) is 6. The minimum absolute atomic E-state index is 0.188. The predicted molar refractivity (Wildman–Crippen MR) is 118 cm³/mol. The van der Waals surface area contributed by atoms with Crippen LogP contribution in [0.4, 0.5) is 11.4 Å². The van der Waals surface area contributed by atoms with Crippen molar-refractivity contribution in [3.05, 3.63) is 65.4 Å². The summed E-state index contributed by atoms with van der Waals surface area (Å²) in [7, 11) is 3.60. The van der Waals surface area contributed by atoms with Crippen LogP contribution in [0.1, 0.15) is 11.1 Å². The van der Waals surface area contributed by atoms with E-state index in [0.717, 1.165) is 38.7 Å². The van der Waals surface area contributed by atoms with E-state index in [-0.39, 0.29) is 11.4 Å². The maximum atomic E-state index is 8.42. The van der Waals surface area contributed by atoms with Gasteiger partial charge in [-0.25, -0.2) is 0 Å². The van der Waals surface area contributed by atoms with Gasteiger partial charge in [0.2, 0.25) is 0 Å². The highest BCUT2D eigenvalue weighted by atomic mass is 14.9. The number of hydrogen-bond donors (Lipinski definition) is 6. The Kier molecular flexibility index (Phi) is 4.04. The van der Waals surface area contributed by atoms with E-state index >= 15 is 0 Å². The molecule has 3 aromatic carbocycles. The second kappa shape index (κ2) is 6.42. The van der Waals surface area contributed by atoms with Crippen LogP contribution in [-0.4, -0.2) is 25.5 Å². The average Bonchev–Trinajstić information content (AvgIpc) is 2.71. The summed E-state index contributed by atoms with van der Waals surface area (Å²) in [5.74, 6) is 0. The first-order valence-corrected chi connectivity index (χ1v) is 8.96. The normalized spacial score (nSPS) is 13.6. The van der Waals surface area contributed by atoms with E-state index in [1.165, 1.54) is 0 Å². The molecule has 0 amide bonds. The molecule has 6 heteroatoms. The summed E-state index contributed by atoms with van der Waals surface area (Å²) in [6.07, 6.45) is 0. The molecule has 0 fully saturated rings. The van der Waals surface area contributed by atoms with E-state index in [1.807, 2.05) is 43.4 Å². The second-order valence-electron chi connectivity index (χ2n) is 6.80. The maximum Gasteiger partial charge on any atom is 0.105 e. The molecule has 4 rings (SSSR count). The molecule has 8 N–H and O–H groups in total. The van der Waals surface area contributed by atoms with Gasteiger partial charge >= 0.3 is 0 Å². The van der Waals surface area contributed by atoms with Crippen LogP contribution in [0.2, 0.25) is 0 Å².